The molecule has 0 aliphatic carbocycles. The third kappa shape index (κ3) is 4.80. The molecular formula is C24H30ClN7O3S. The molecule has 10 nitrogen and oxygen atoms in total. The number of rotatable bonds is 6. The predicted octanol–water partition coefficient (Wildman–Crippen LogP) is 2.25. The average Bonchev–Trinajstić information content (AvgIpc) is 3.30. The maximum Gasteiger partial charge on any atom is 0.259 e. The van der Waals surface area contributed by atoms with Crippen LogP contribution in [0.3, 0.4) is 0 Å². The number of amides is 1. The summed E-state index contributed by atoms with van der Waals surface area (Å²) in [7, 11) is -0.121. The maximum atomic E-state index is 13.5. The zero-order chi connectivity index (χ0) is 25.4. The van der Waals surface area contributed by atoms with Gasteiger partial charge in [-0.3, -0.25) is 4.79 Å². The van der Waals surface area contributed by atoms with Crippen molar-refractivity contribution in [2.24, 2.45) is 5.92 Å². The first-order valence-electron chi connectivity index (χ1n) is 12.0. The Bertz CT molecular complexity index is 1370. The molecule has 0 radical (unpaired) electrons. The van der Waals surface area contributed by atoms with Crippen LogP contribution in [0.15, 0.2) is 41.6 Å². The van der Waals surface area contributed by atoms with Crippen molar-refractivity contribution in [3.63, 3.8) is 0 Å². The summed E-state index contributed by atoms with van der Waals surface area (Å²) in [6.45, 7) is 2.03. The fourth-order valence-electron chi connectivity index (χ4n) is 5.08. The van der Waals surface area contributed by atoms with Crippen LogP contribution in [0.1, 0.15) is 24.6 Å². The van der Waals surface area contributed by atoms with Gasteiger partial charge in [0, 0.05) is 49.3 Å². The molecule has 4 heterocycles. The minimum Gasteiger partial charge on any atom is -0.347 e. The molecule has 0 saturated carbocycles. The number of sulfonamides is 1. The summed E-state index contributed by atoms with van der Waals surface area (Å²) in [6, 6.07) is 8.35. The number of piperazine rings is 1. The highest BCUT2D eigenvalue weighted by Gasteiger charge is 2.40. The summed E-state index contributed by atoms with van der Waals surface area (Å²) in [5.41, 5.74) is 1.46. The van der Waals surface area contributed by atoms with Gasteiger partial charge in [-0.25, -0.2) is 18.4 Å². The number of carbonyl (C=O) groups excluding carboxylic acids is 1. The number of fused-ring (bicyclic) bond motifs is 1. The van der Waals surface area contributed by atoms with Crippen molar-refractivity contribution in [2.45, 2.75) is 23.9 Å². The molecule has 2 aliphatic heterocycles. The van der Waals surface area contributed by atoms with Gasteiger partial charge in [0.05, 0.1) is 18.3 Å². The van der Waals surface area contributed by atoms with Crippen LogP contribution in [-0.2, 0) is 14.8 Å². The van der Waals surface area contributed by atoms with E-state index in [9.17, 15) is 13.2 Å². The molecule has 1 atom stereocenters. The Labute approximate surface area is 215 Å². The summed E-state index contributed by atoms with van der Waals surface area (Å²) < 4.78 is 28.1. The molecule has 2 saturated heterocycles. The van der Waals surface area contributed by atoms with Crippen molar-refractivity contribution in [3.8, 4) is 0 Å². The second kappa shape index (κ2) is 9.97. The van der Waals surface area contributed by atoms with Gasteiger partial charge >= 0.3 is 0 Å². The summed E-state index contributed by atoms with van der Waals surface area (Å²) in [6.07, 6.45) is 3.55. The van der Waals surface area contributed by atoms with Crippen LogP contribution >= 0.6 is 11.6 Å². The van der Waals surface area contributed by atoms with Gasteiger partial charge in [-0.2, -0.15) is 4.31 Å². The van der Waals surface area contributed by atoms with Gasteiger partial charge in [-0.1, -0.05) is 11.6 Å². The second-order valence-corrected chi connectivity index (χ2v) is 11.8. The van der Waals surface area contributed by atoms with E-state index in [4.69, 9.17) is 16.6 Å². The number of aromatic nitrogens is 3. The number of piperidine rings is 1. The van der Waals surface area contributed by atoms with Crippen LogP contribution in [-0.4, -0.2) is 85.3 Å². The lowest BCUT2D eigenvalue weighted by molar-refractivity contribution is -0.138. The highest BCUT2D eigenvalue weighted by atomic mass is 35.5. The fourth-order valence-corrected chi connectivity index (χ4v) is 6.65. The van der Waals surface area contributed by atoms with E-state index in [1.165, 1.54) is 4.31 Å². The number of carbonyl (C=O) groups is 1. The van der Waals surface area contributed by atoms with Gasteiger partial charge in [-0.15, -0.1) is 0 Å². The normalized spacial score (nSPS) is 19.1. The first-order chi connectivity index (χ1) is 17.2. The second-order valence-electron chi connectivity index (χ2n) is 9.50. The monoisotopic (exact) mass is 531 g/mol. The number of benzene rings is 1. The van der Waals surface area contributed by atoms with E-state index in [-0.39, 0.29) is 36.0 Å². The molecule has 1 amide bonds. The Hall–Kier alpha value is -2.73. The zero-order valence-corrected chi connectivity index (χ0v) is 21.9. The quantitative estimate of drug-likeness (QED) is 0.501. The molecule has 3 aromatic rings. The molecule has 2 aliphatic rings. The van der Waals surface area contributed by atoms with Crippen LogP contribution in [0.5, 0.6) is 0 Å². The molecular weight excluding hydrogens is 502 g/mol. The van der Waals surface area contributed by atoms with E-state index >= 15 is 0 Å². The van der Waals surface area contributed by atoms with Crippen LogP contribution in [0.2, 0.25) is 5.02 Å². The molecule has 192 valence electrons. The van der Waals surface area contributed by atoms with Crippen LogP contribution < -0.4 is 10.2 Å². The predicted molar refractivity (Wildman–Crippen MR) is 138 cm³/mol. The van der Waals surface area contributed by atoms with Crippen molar-refractivity contribution in [1.82, 2.24) is 29.5 Å². The van der Waals surface area contributed by atoms with Gasteiger partial charge in [0.25, 0.3) is 10.0 Å². The van der Waals surface area contributed by atoms with E-state index in [2.05, 4.69) is 15.3 Å². The standard InChI is InChI=1S/C24H30ClN7O3S/c1-30(2)24-27-10-7-20(29-24)23(16-5-8-26-9-6-16)32-12-11-31(15-22(32)33)36(34,35)21-14-17-13-18(25)3-4-19(17)28-21/h3-4,7,10,13-14,16,23,26,28H,5-6,8-9,11-12,15H2,1-2H3. The van der Waals surface area contributed by atoms with Crippen LogP contribution in [0, 0.1) is 5.92 Å². The summed E-state index contributed by atoms with van der Waals surface area (Å²) in [5, 5.41) is 4.67. The van der Waals surface area contributed by atoms with E-state index in [0.29, 0.717) is 28.4 Å². The first kappa shape index (κ1) is 24.9. The molecule has 0 spiro atoms. The highest BCUT2D eigenvalue weighted by Crippen LogP contribution is 2.35. The van der Waals surface area contributed by atoms with E-state index < -0.39 is 10.0 Å². The fraction of sp³-hybridized carbons (Fsp3) is 0.458. The topological polar surface area (TPSA) is 115 Å². The Kier molecular flexibility index (Phi) is 6.90. The number of hydrogen-bond acceptors (Lipinski definition) is 7. The van der Waals surface area contributed by atoms with Gasteiger partial charge in [0.15, 0.2) is 0 Å². The third-order valence-corrected chi connectivity index (χ3v) is 8.93. The van der Waals surface area contributed by atoms with Crippen molar-refractivity contribution in [2.75, 3.05) is 51.7 Å². The zero-order valence-electron chi connectivity index (χ0n) is 20.3. The number of hydrogen-bond donors (Lipinski definition) is 2. The number of aromatic amines is 1. The highest BCUT2D eigenvalue weighted by molar-refractivity contribution is 7.89. The third-order valence-electron chi connectivity index (χ3n) is 6.93. The number of nitrogens with zero attached hydrogens (tertiary/aromatic N) is 5. The molecule has 2 fully saturated rings. The summed E-state index contributed by atoms with van der Waals surface area (Å²) >= 11 is 6.06. The largest absolute Gasteiger partial charge is 0.347 e. The van der Waals surface area contributed by atoms with E-state index in [1.807, 2.05) is 30.0 Å². The van der Waals surface area contributed by atoms with Crippen LogP contribution in [0.4, 0.5) is 5.95 Å². The van der Waals surface area contributed by atoms with Crippen molar-refractivity contribution >= 4 is 44.4 Å². The molecule has 2 N–H and O–H groups in total. The number of nitrogens with one attached hydrogen (secondary N) is 2. The number of halogens is 1. The minimum atomic E-state index is -3.88. The summed E-state index contributed by atoms with van der Waals surface area (Å²) in [5.74, 6) is 0.582. The Morgan fingerprint density at radius 1 is 1.14 bits per heavy atom. The molecule has 0 bridgehead atoms. The van der Waals surface area contributed by atoms with Crippen molar-refractivity contribution in [3.05, 3.63) is 47.2 Å². The molecule has 2 aromatic heterocycles. The Morgan fingerprint density at radius 2 is 1.92 bits per heavy atom. The summed E-state index contributed by atoms with van der Waals surface area (Å²) in [4.78, 5) is 29.2. The Balaban J connectivity index is 1.41. The first-order valence-corrected chi connectivity index (χ1v) is 13.8. The molecule has 36 heavy (non-hydrogen) atoms. The average molecular weight is 532 g/mol. The lowest BCUT2D eigenvalue weighted by Gasteiger charge is -2.42. The lowest BCUT2D eigenvalue weighted by Crippen LogP contribution is -2.54. The molecule has 1 aromatic carbocycles. The minimum absolute atomic E-state index is 0.0577. The van der Waals surface area contributed by atoms with Crippen molar-refractivity contribution in [1.29, 1.82) is 0 Å². The molecule has 1 unspecified atom stereocenters. The van der Waals surface area contributed by atoms with Gasteiger partial charge in [0.1, 0.15) is 5.03 Å². The molecule has 5 rings (SSSR count). The van der Waals surface area contributed by atoms with E-state index in [1.54, 1.807) is 30.5 Å². The SMILES string of the molecule is CN(C)c1nccc(C(C2CCNCC2)N2CCN(S(=O)(=O)c3cc4cc(Cl)ccc4[nH]3)CC2=O)n1. The number of anilines is 1. The lowest BCUT2D eigenvalue weighted by atomic mass is 9.86. The van der Waals surface area contributed by atoms with E-state index in [0.717, 1.165) is 31.6 Å². The molecule has 12 heteroatoms. The van der Waals surface area contributed by atoms with Gasteiger partial charge in [-0.05, 0) is 62.2 Å². The van der Waals surface area contributed by atoms with Crippen LogP contribution in [0.25, 0.3) is 10.9 Å². The van der Waals surface area contributed by atoms with Gasteiger partial charge < -0.3 is 20.1 Å². The Morgan fingerprint density at radius 3 is 2.64 bits per heavy atom. The smallest absolute Gasteiger partial charge is 0.259 e. The van der Waals surface area contributed by atoms with Crippen molar-refractivity contribution < 1.29 is 13.2 Å². The number of H-pyrrole nitrogens is 1. The maximum absolute atomic E-state index is 13.5. The van der Waals surface area contributed by atoms with Gasteiger partial charge in [0.2, 0.25) is 11.9 Å².